The lowest BCUT2D eigenvalue weighted by atomic mass is 10.0. The zero-order valence-corrected chi connectivity index (χ0v) is 10.7. The van der Waals surface area contributed by atoms with Gasteiger partial charge in [-0.25, -0.2) is 4.98 Å². The first-order chi connectivity index (χ1) is 7.98. The molecular formula is C12H7F3IN. The van der Waals surface area contributed by atoms with E-state index in [9.17, 15) is 13.2 Å². The molecule has 0 saturated carbocycles. The molecule has 1 heterocycles. The molecule has 0 aliphatic rings. The lowest BCUT2D eigenvalue weighted by Gasteiger charge is -2.12. The van der Waals surface area contributed by atoms with E-state index in [4.69, 9.17) is 0 Å². The Morgan fingerprint density at radius 3 is 2.29 bits per heavy atom. The van der Waals surface area contributed by atoms with Gasteiger partial charge in [-0.05, 0) is 40.8 Å². The first kappa shape index (κ1) is 12.3. The van der Waals surface area contributed by atoms with Crippen molar-refractivity contribution in [2.24, 2.45) is 0 Å². The third kappa shape index (κ3) is 2.77. The molecule has 0 saturated heterocycles. The minimum absolute atomic E-state index is 0.110. The molecule has 0 atom stereocenters. The molecule has 1 aromatic carbocycles. The van der Waals surface area contributed by atoms with E-state index in [1.54, 1.807) is 24.3 Å². The fourth-order valence-corrected chi connectivity index (χ4v) is 1.98. The maximum Gasteiger partial charge on any atom is 0.417 e. The van der Waals surface area contributed by atoms with Crippen LogP contribution in [0.1, 0.15) is 5.56 Å². The lowest BCUT2D eigenvalue weighted by Crippen LogP contribution is -2.07. The molecule has 0 fully saturated rings. The maximum absolute atomic E-state index is 12.8. The summed E-state index contributed by atoms with van der Waals surface area (Å²) < 4.78 is 39.1. The summed E-state index contributed by atoms with van der Waals surface area (Å²) in [4.78, 5) is 4.10. The van der Waals surface area contributed by atoms with E-state index < -0.39 is 11.7 Å². The number of alkyl halides is 3. The van der Waals surface area contributed by atoms with Crippen LogP contribution in [0.4, 0.5) is 13.2 Å². The Labute approximate surface area is 110 Å². The summed E-state index contributed by atoms with van der Waals surface area (Å²) in [5.41, 5.74) is -0.210. The molecule has 0 amide bonds. The molecule has 2 rings (SSSR count). The van der Waals surface area contributed by atoms with E-state index in [1.165, 1.54) is 12.1 Å². The highest BCUT2D eigenvalue weighted by atomic mass is 127. The Morgan fingerprint density at radius 2 is 1.65 bits per heavy atom. The smallest absolute Gasteiger partial charge is 0.242 e. The van der Waals surface area contributed by atoms with Crippen molar-refractivity contribution in [1.82, 2.24) is 4.98 Å². The van der Waals surface area contributed by atoms with E-state index in [1.807, 2.05) is 22.6 Å². The lowest BCUT2D eigenvalue weighted by molar-refractivity contribution is -0.137. The third-order valence-electron chi connectivity index (χ3n) is 2.22. The van der Waals surface area contributed by atoms with Crippen molar-refractivity contribution in [3.8, 4) is 11.3 Å². The summed E-state index contributed by atoms with van der Waals surface area (Å²) in [5.74, 6) is 0. The molecule has 0 spiro atoms. The zero-order valence-electron chi connectivity index (χ0n) is 8.50. The van der Waals surface area contributed by atoms with Crippen LogP contribution in [0.3, 0.4) is 0 Å². The quantitative estimate of drug-likeness (QED) is 0.550. The Hall–Kier alpha value is -1.11. The highest BCUT2D eigenvalue weighted by Crippen LogP contribution is 2.36. The standard InChI is InChI=1S/C12H7F3IN/c13-12(14,15)9-5-2-1-4-8(9)10-6-3-7-11(16)17-10/h1-7H. The predicted octanol–water partition coefficient (Wildman–Crippen LogP) is 4.37. The van der Waals surface area contributed by atoms with E-state index in [-0.39, 0.29) is 5.56 Å². The van der Waals surface area contributed by atoms with Gasteiger partial charge in [-0.3, -0.25) is 0 Å². The van der Waals surface area contributed by atoms with Crippen LogP contribution in [0.5, 0.6) is 0 Å². The molecule has 88 valence electrons. The topological polar surface area (TPSA) is 12.9 Å². The van der Waals surface area contributed by atoms with Crippen LogP contribution in [0.15, 0.2) is 42.5 Å². The van der Waals surface area contributed by atoms with Crippen molar-refractivity contribution in [3.63, 3.8) is 0 Å². The fraction of sp³-hybridized carbons (Fsp3) is 0.0833. The van der Waals surface area contributed by atoms with Gasteiger partial charge in [0.2, 0.25) is 0 Å². The van der Waals surface area contributed by atoms with Gasteiger partial charge in [-0.1, -0.05) is 24.3 Å². The molecule has 5 heteroatoms. The number of hydrogen-bond acceptors (Lipinski definition) is 1. The van der Waals surface area contributed by atoms with Crippen LogP contribution in [0.25, 0.3) is 11.3 Å². The Morgan fingerprint density at radius 1 is 0.941 bits per heavy atom. The van der Waals surface area contributed by atoms with Crippen molar-refractivity contribution < 1.29 is 13.2 Å². The number of hydrogen-bond donors (Lipinski definition) is 0. The number of benzene rings is 1. The molecule has 1 nitrogen and oxygen atoms in total. The van der Waals surface area contributed by atoms with Crippen molar-refractivity contribution in [2.45, 2.75) is 6.18 Å². The van der Waals surface area contributed by atoms with Crippen molar-refractivity contribution >= 4 is 22.6 Å². The average Bonchev–Trinajstić information content (AvgIpc) is 2.28. The molecule has 2 aromatic rings. The molecule has 0 N–H and O–H groups in total. The van der Waals surface area contributed by atoms with Crippen molar-refractivity contribution in [2.75, 3.05) is 0 Å². The Kier molecular flexibility index (Phi) is 3.37. The van der Waals surface area contributed by atoms with Gasteiger partial charge in [0.25, 0.3) is 0 Å². The monoisotopic (exact) mass is 349 g/mol. The number of aromatic nitrogens is 1. The number of halogens is 4. The van der Waals surface area contributed by atoms with Gasteiger partial charge in [-0.2, -0.15) is 13.2 Å². The van der Waals surface area contributed by atoms with Gasteiger partial charge in [0, 0.05) is 5.56 Å². The van der Waals surface area contributed by atoms with Crippen molar-refractivity contribution in [3.05, 3.63) is 51.7 Å². The molecule has 0 radical (unpaired) electrons. The van der Waals surface area contributed by atoms with Crippen LogP contribution in [-0.2, 0) is 6.18 Å². The molecule has 0 unspecified atom stereocenters. The Bertz CT molecular complexity index is 537. The van der Waals surface area contributed by atoms with Gasteiger partial charge in [-0.15, -0.1) is 0 Å². The first-order valence-corrected chi connectivity index (χ1v) is 5.85. The average molecular weight is 349 g/mol. The first-order valence-electron chi connectivity index (χ1n) is 4.77. The minimum Gasteiger partial charge on any atom is -0.242 e. The molecule has 17 heavy (non-hydrogen) atoms. The largest absolute Gasteiger partial charge is 0.417 e. The van der Waals surface area contributed by atoms with E-state index in [0.717, 1.165) is 6.07 Å². The second-order valence-electron chi connectivity index (χ2n) is 3.39. The highest BCUT2D eigenvalue weighted by molar-refractivity contribution is 14.1. The van der Waals surface area contributed by atoms with Crippen LogP contribution in [-0.4, -0.2) is 4.98 Å². The number of rotatable bonds is 1. The molecular weight excluding hydrogens is 342 g/mol. The van der Waals surface area contributed by atoms with Gasteiger partial charge in [0.05, 0.1) is 11.3 Å². The summed E-state index contributed by atoms with van der Waals surface area (Å²) in [6.45, 7) is 0. The normalized spacial score (nSPS) is 11.5. The van der Waals surface area contributed by atoms with Crippen molar-refractivity contribution in [1.29, 1.82) is 0 Å². The second-order valence-corrected chi connectivity index (χ2v) is 4.49. The van der Waals surface area contributed by atoms with Crippen LogP contribution in [0.2, 0.25) is 0 Å². The molecule has 0 bridgehead atoms. The van der Waals surface area contributed by atoms with Gasteiger partial charge >= 0.3 is 6.18 Å². The number of pyridine rings is 1. The van der Waals surface area contributed by atoms with E-state index >= 15 is 0 Å². The SMILES string of the molecule is FC(F)(F)c1ccccc1-c1cccc(I)n1. The predicted molar refractivity (Wildman–Crippen MR) is 67.4 cm³/mol. The third-order valence-corrected chi connectivity index (χ3v) is 2.82. The minimum atomic E-state index is -4.36. The summed E-state index contributed by atoms with van der Waals surface area (Å²) in [7, 11) is 0. The van der Waals surface area contributed by atoms with Crippen LogP contribution in [0, 0.1) is 3.70 Å². The molecule has 1 aromatic heterocycles. The van der Waals surface area contributed by atoms with Crippen LogP contribution < -0.4 is 0 Å². The second kappa shape index (κ2) is 4.64. The van der Waals surface area contributed by atoms with Gasteiger partial charge in [0.15, 0.2) is 0 Å². The number of nitrogens with zero attached hydrogens (tertiary/aromatic N) is 1. The summed E-state index contributed by atoms with van der Waals surface area (Å²) >= 11 is 1.97. The van der Waals surface area contributed by atoms with Gasteiger partial charge < -0.3 is 0 Å². The van der Waals surface area contributed by atoms with E-state index in [0.29, 0.717) is 9.39 Å². The fourth-order valence-electron chi connectivity index (χ4n) is 1.51. The maximum atomic E-state index is 12.8. The summed E-state index contributed by atoms with van der Waals surface area (Å²) in [5, 5.41) is 0. The highest BCUT2D eigenvalue weighted by Gasteiger charge is 2.33. The van der Waals surface area contributed by atoms with E-state index in [2.05, 4.69) is 4.98 Å². The summed E-state index contributed by atoms with van der Waals surface area (Å²) in [6.07, 6.45) is -4.36. The molecule has 0 aliphatic carbocycles. The Balaban J connectivity index is 2.60. The van der Waals surface area contributed by atoms with Gasteiger partial charge in [0.1, 0.15) is 3.70 Å². The zero-order chi connectivity index (χ0) is 12.5. The summed E-state index contributed by atoms with van der Waals surface area (Å²) in [6, 6.07) is 10.5. The molecule has 0 aliphatic heterocycles. The van der Waals surface area contributed by atoms with Crippen LogP contribution >= 0.6 is 22.6 Å².